The van der Waals surface area contributed by atoms with Gasteiger partial charge < -0.3 is 19.9 Å². The molecule has 33 heavy (non-hydrogen) atoms. The number of hydrogen-bond donors (Lipinski definition) is 2. The molecule has 0 aliphatic carbocycles. The van der Waals surface area contributed by atoms with Gasteiger partial charge in [-0.3, -0.25) is 4.90 Å². The van der Waals surface area contributed by atoms with Crippen LogP contribution in [-0.2, 0) is 6.54 Å². The van der Waals surface area contributed by atoms with Crippen LogP contribution < -0.4 is 15.0 Å². The molecule has 1 fully saturated rings. The van der Waals surface area contributed by atoms with Gasteiger partial charge in [-0.25, -0.2) is 9.78 Å². The van der Waals surface area contributed by atoms with Crippen molar-refractivity contribution < 1.29 is 9.53 Å². The van der Waals surface area contributed by atoms with Gasteiger partial charge in [-0.1, -0.05) is 24.3 Å². The molecule has 1 atom stereocenters. The third-order valence-corrected chi connectivity index (χ3v) is 6.07. The molecule has 1 saturated heterocycles. The van der Waals surface area contributed by atoms with Crippen molar-refractivity contribution in [3.63, 3.8) is 0 Å². The van der Waals surface area contributed by atoms with Crippen molar-refractivity contribution in [2.24, 2.45) is 0 Å². The number of benzene rings is 3. The van der Waals surface area contributed by atoms with Crippen LogP contribution in [0.25, 0.3) is 11.0 Å². The molecule has 5 rings (SSSR count). The molecule has 2 N–H and O–H groups in total. The van der Waals surface area contributed by atoms with Gasteiger partial charge >= 0.3 is 6.03 Å². The molecular weight excluding hydrogens is 414 g/mol. The van der Waals surface area contributed by atoms with E-state index in [0.29, 0.717) is 13.1 Å². The largest absolute Gasteiger partial charge is 0.497 e. The number of aromatic amines is 1. The average Bonchev–Trinajstić information content (AvgIpc) is 3.44. The summed E-state index contributed by atoms with van der Waals surface area (Å²) < 4.78 is 5.26. The number of carbonyl (C=O) groups excluding carboxylic acids is 1. The molecule has 1 unspecified atom stereocenters. The number of aromatic nitrogens is 2. The molecule has 0 bridgehead atoms. The highest BCUT2D eigenvalue weighted by molar-refractivity contribution is 5.97. The van der Waals surface area contributed by atoms with Gasteiger partial charge in [-0.15, -0.1) is 0 Å². The van der Waals surface area contributed by atoms with Gasteiger partial charge in [0.15, 0.2) is 0 Å². The van der Waals surface area contributed by atoms with E-state index in [9.17, 15) is 4.79 Å². The fourth-order valence-corrected chi connectivity index (χ4v) is 4.38. The van der Waals surface area contributed by atoms with Crippen molar-refractivity contribution >= 4 is 28.4 Å². The minimum atomic E-state index is -0.0909. The number of anilines is 2. The average molecular weight is 442 g/mol. The Morgan fingerprint density at radius 3 is 2.61 bits per heavy atom. The number of methoxy groups -OCH3 is 1. The van der Waals surface area contributed by atoms with Crippen LogP contribution in [0, 0.1) is 0 Å². The summed E-state index contributed by atoms with van der Waals surface area (Å²) in [6, 6.07) is 22.0. The summed E-state index contributed by atoms with van der Waals surface area (Å²) in [4.78, 5) is 24.9. The van der Waals surface area contributed by atoms with Crippen LogP contribution in [0.2, 0.25) is 0 Å². The second-order valence-electron chi connectivity index (χ2n) is 8.15. The Morgan fingerprint density at radius 1 is 1.09 bits per heavy atom. The lowest BCUT2D eigenvalue weighted by atomic mass is 10.0. The third-order valence-electron chi connectivity index (χ3n) is 6.07. The summed E-state index contributed by atoms with van der Waals surface area (Å²) in [5, 5.41) is 3.33. The number of carbonyl (C=O) groups is 1. The molecule has 1 aliphatic heterocycles. The first-order chi connectivity index (χ1) is 16.2. The first kappa shape index (κ1) is 20.9. The van der Waals surface area contributed by atoms with Crippen LogP contribution in [0.15, 0.2) is 73.1 Å². The summed E-state index contributed by atoms with van der Waals surface area (Å²) in [6.07, 6.45) is 1.67. The summed E-state index contributed by atoms with van der Waals surface area (Å²) in [5.41, 5.74) is 5.89. The summed E-state index contributed by atoms with van der Waals surface area (Å²) >= 11 is 0. The molecular formula is C26H27N5O2. The first-order valence-corrected chi connectivity index (χ1v) is 11.1. The van der Waals surface area contributed by atoms with Crippen molar-refractivity contribution in [2.75, 3.05) is 30.4 Å². The van der Waals surface area contributed by atoms with Crippen LogP contribution in [0.3, 0.4) is 0 Å². The van der Waals surface area contributed by atoms with Crippen LogP contribution in [0.4, 0.5) is 16.2 Å². The van der Waals surface area contributed by atoms with Gasteiger partial charge in [-0.05, 0) is 60.5 Å². The zero-order valence-corrected chi connectivity index (χ0v) is 18.8. The summed E-state index contributed by atoms with van der Waals surface area (Å²) in [6.45, 7) is 4.09. The number of amides is 2. The Morgan fingerprint density at radius 2 is 1.88 bits per heavy atom. The maximum atomic E-state index is 13.6. The number of ether oxygens (including phenoxy) is 1. The number of imidazole rings is 1. The highest BCUT2D eigenvalue weighted by Gasteiger charge is 2.39. The van der Waals surface area contributed by atoms with E-state index >= 15 is 0 Å². The van der Waals surface area contributed by atoms with E-state index in [1.54, 1.807) is 13.4 Å². The molecule has 3 aromatic carbocycles. The van der Waals surface area contributed by atoms with Crippen molar-refractivity contribution in [3.8, 4) is 5.75 Å². The van der Waals surface area contributed by atoms with Crippen LogP contribution >= 0.6 is 0 Å². The second-order valence-corrected chi connectivity index (χ2v) is 8.15. The maximum absolute atomic E-state index is 13.6. The molecule has 1 aliphatic rings. The van der Waals surface area contributed by atoms with E-state index in [2.05, 4.69) is 46.5 Å². The van der Waals surface area contributed by atoms with Gasteiger partial charge in [0.1, 0.15) is 5.75 Å². The van der Waals surface area contributed by atoms with E-state index in [0.717, 1.165) is 45.8 Å². The van der Waals surface area contributed by atoms with Gasteiger partial charge in [-0.2, -0.15) is 0 Å². The lowest BCUT2D eigenvalue weighted by Crippen LogP contribution is -2.32. The van der Waals surface area contributed by atoms with Crippen LogP contribution in [-0.4, -0.2) is 41.1 Å². The standard InChI is InChI=1S/C26H27N5O2/c1-3-27-20-8-6-19(7-9-20)25-16-30(15-18-4-11-22(33-2)12-5-18)26(32)31(25)21-10-13-23-24(14-21)29-17-28-23/h4-14,17,25,27H,3,15-16H2,1-2H3,(H,28,29). The van der Waals surface area contributed by atoms with Crippen molar-refractivity contribution in [3.05, 3.63) is 84.2 Å². The number of urea groups is 1. The highest BCUT2D eigenvalue weighted by atomic mass is 16.5. The quantitative estimate of drug-likeness (QED) is 0.414. The molecule has 0 saturated carbocycles. The fourth-order valence-electron chi connectivity index (χ4n) is 4.38. The fraction of sp³-hybridized carbons (Fsp3) is 0.231. The lowest BCUT2D eigenvalue weighted by Gasteiger charge is -2.24. The topological polar surface area (TPSA) is 73.5 Å². The zero-order valence-electron chi connectivity index (χ0n) is 18.8. The van der Waals surface area contributed by atoms with E-state index < -0.39 is 0 Å². The number of fused-ring (bicyclic) bond motifs is 1. The predicted octanol–water partition coefficient (Wildman–Crippen LogP) is 5.19. The van der Waals surface area contributed by atoms with E-state index in [-0.39, 0.29) is 12.1 Å². The number of rotatable bonds is 7. The predicted molar refractivity (Wildman–Crippen MR) is 131 cm³/mol. The molecule has 4 aromatic rings. The lowest BCUT2D eigenvalue weighted by molar-refractivity contribution is 0.218. The number of nitrogens with zero attached hydrogens (tertiary/aromatic N) is 3. The molecule has 0 radical (unpaired) electrons. The second kappa shape index (κ2) is 8.86. The molecule has 168 valence electrons. The Hall–Kier alpha value is -4.00. The highest BCUT2D eigenvalue weighted by Crippen LogP contribution is 2.36. The van der Waals surface area contributed by atoms with Crippen molar-refractivity contribution in [1.82, 2.24) is 14.9 Å². The zero-order chi connectivity index (χ0) is 22.8. The molecule has 7 nitrogen and oxygen atoms in total. The molecule has 2 amide bonds. The number of hydrogen-bond acceptors (Lipinski definition) is 4. The minimum absolute atomic E-state index is 0.00885. The van der Waals surface area contributed by atoms with Crippen LogP contribution in [0.5, 0.6) is 5.75 Å². The van der Waals surface area contributed by atoms with Gasteiger partial charge in [0.05, 0.1) is 30.5 Å². The third kappa shape index (κ3) is 4.09. The number of nitrogens with one attached hydrogen (secondary N) is 2. The number of H-pyrrole nitrogens is 1. The Kier molecular flexibility index (Phi) is 5.60. The van der Waals surface area contributed by atoms with Crippen molar-refractivity contribution in [2.45, 2.75) is 19.5 Å². The molecule has 2 heterocycles. The Balaban J connectivity index is 1.48. The minimum Gasteiger partial charge on any atom is -0.497 e. The van der Waals surface area contributed by atoms with Gasteiger partial charge in [0, 0.05) is 31.0 Å². The van der Waals surface area contributed by atoms with Gasteiger partial charge in [0.25, 0.3) is 0 Å². The Bertz CT molecular complexity index is 1250. The summed E-state index contributed by atoms with van der Waals surface area (Å²) in [5.74, 6) is 0.805. The molecule has 1 aromatic heterocycles. The monoisotopic (exact) mass is 441 g/mol. The van der Waals surface area contributed by atoms with Crippen LogP contribution in [0.1, 0.15) is 24.1 Å². The smallest absolute Gasteiger partial charge is 0.325 e. The SMILES string of the molecule is CCNc1ccc(C2CN(Cc3ccc(OC)cc3)C(=O)N2c2ccc3nc[nH]c3c2)cc1. The Labute approximate surface area is 193 Å². The normalized spacial score (nSPS) is 15.9. The molecule has 0 spiro atoms. The van der Waals surface area contributed by atoms with Crippen molar-refractivity contribution in [1.29, 1.82) is 0 Å². The van der Waals surface area contributed by atoms with E-state index in [4.69, 9.17) is 4.74 Å². The summed E-state index contributed by atoms with van der Waals surface area (Å²) in [7, 11) is 1.65. The first-order valence-electron chi connectivity index (χ1n) is 11.1. The van der Waals surface area contributed by atoms with E-state index in [1.165, 1.54) is 0 Å². The van der Waals surface area contributed by atoms with E-state index in [1.807, 2.05) is 52.3 Å². The molecule has 7 heteroatoms. The van der Waals surface area contributed by atoms with Gasteiger partial charge in [0.2, 0.25) is 0 Å². The maximum Gasteiger partial charge on any atom is 0.325 e.